The maximum absolute atomic E-state index is 13.0. The first kappa shape index (κ1) is 17.2. The lowest BCUT2D eigenvalue weighted by Gasteiger charge is -2.16. The molecule has 0 bridgehead atoms. The second-order valence-corrected chi connectivity index (χ2v) is 6.76. The summed E-state index contributed by atoms with van der Waals surface area (Å²) in [6.45, 7) is 3.70. The highest BCUT2D eigenvalue weighted by Gasteiger charge is 2.20. The molecule has 128 valence electrons. The van der Waals surface area contributed by atoms with Gasteiger partial charge in [-0.15, -0.1) is 0 Å². The Morgan fingerprint density at radius 1 is 1.12 bits per heavy atom. The fourth-order valence-corrected chi connectivity index (χ4v) is 3.02. The molecular formula is C19H21BrFNO2. The Morgan fingerprint density at radius 3 is 2.54 bits per heavy atom. The summed E-state index contributed by atoms with van der Waals surface area (Å²) < 4.78 is 25.5. The predicted molar refractivity (Wildman–Crippen MR) is 95.9 cm³/mol. The SMILES string of the molecule is CCOc1cc(CNC2CC2)cc(Br)c1OCc1ccc(F)cc1. The topological polar surface area (TPSA) is 30.5 Å². The van der Waals surface area contributed by atoms with Gasteiger partial charge >= 0.3 is 0 Å². The van der Waals surface area contributed by atoms with E-state index < -0.39 is 0 Å². The van der Waals surface area contributed by atoms with Crippen molar-refractivity contribution in [2.24, 2.45) is 0 Å². The predicted octanol–water partition coefficient (Wildman–Crippen LogP) is 4.82. The van der Waals surface area contributed by atoms with Crippen LogP contribution in [0, 0.1) is 5.82 Å². The first-order valence-electron chi connectivity index (χ1n) is 8.21. The Morgan fingerprint density at radius 2 is 1.88 bits per heavy atom. The van der Waals surface area contributed by atoms with Gasteiger partial charge in [-0.3, -0.25) is 0 Å². The lowest BCUT2D eigenvalue weighted by atomic mass is 10.2. The van der Waals surface area contributed by atoms with E-state index in [9.17, 15) is 4.39 Å². The minimum atomic E-state index is -0.248. The van der Waals surface area contributed by atoms with Crippen LogP contribution in [0.5, 0.6) is 11.5 Å². The van der Waals surface area contributed by atoms with Crippen LogP contribution in [-0.2, 0) is 13.2 Å². The smallest absolute Gasteiger partial charge is 0.175 e. The van der Waals surface area contributed by atoms with Crippen molar-refractivity contribution in [1.82, 2.24) is 5.32 Å². The molecule has 3 rings (SSSR count). The van der Waals surface area contributed by atoms with Crippen LogP contribution in [0.2, 0.25) is 0 Å². The molecule has 0 heterocycles. The van der Waals surface area contributed by atoms with Gasteiger partial charge < -0.3 is 14.8 Å². The number of hydrogen-bond donors (Lipinski definition) is 1. The van der Waals surface area contributed by atoms with Gasteiger partial charge in [0.1, 0.15) is 12.4 Å². The summed E-state index contributed by atoms with van der Waals surface area (Å²) in [4.78, 5) is 0. The van der Waals surface area contributed by atoms with E-state index in [2.05, 4.69) is 27.3 Å². The summed E-state index contributed by atoms with van der Waals surface area (Å²) in [5.41, 5.74) is 2.07. The van der Waals surface area contributed by atoms with Gasteiger partial charge in [-0.25, -0.2) is 4.39 Å². The van der Waals surface area contributed by atoms with Crippen molar-refractivity contribution in [2.45, 2.75) is 39.0 Å². The highest BCUT2D eigenvalue weighted by molar-refractivity contribution is 9.10. The number of benzene rings is 2. The third-order valence-corrected chi connectivity index (χ3v) is 4.43. The van der Waals surface area contributed by atoms with E-state index in [-0.39, 0.29) is 5.82 Å². The monoisotopic (exact) mass is 393 g/mol. The lowest BCUT2D eigenvalue weighted by molar-refractivity contribution is 0.267. The standard InChI is InChI=1S/C19H21BrFNO2/c1-2-23-18-10-14(11-22-16-7-8-16)9-17(20)19(18)24-12-13-3-5-15(21)6-4-13/h3-6,9-10,16,22H,2,7-8,11-12H2,1H3. The maximum atomic E-state index is 13.0. The van der Waals surface area contributed by atoms with Crippen LogP contribution in [0.15, 0.2) is 40.9 Å². The first-order chi connectivity index (χ1) is 11.7. The van der Waals surface area contributed by atoms with E-state index in [4.69, 9.17) is 9.47 Å². The summed E-state index contributed by atoms with van der Waals surface area (Å²) >= 11 is 3.58. The van der Waals surface area contributed by atoms with Crippen molar-refractivity contribution in [3.8, 4) is 11.5 Å². The molecule has 0 atom stereocenters. The third kappa shape index (κ3) is 4.71. The zero-order chi connectivity index (χ0) is 16.9. The minimum absolute atomic E-state index is 0.248. The van der Waals surface area contributed by atoms with Gasteiger partial charge in [0, 0.05) is 12.6 Å². The van der Waals surface area contributed by atoms with E-state index in [0.717, 1.165) is 27.9 Å². The molecule has 0 unspecified atom stereocenters. The molecular weight excluding hydrogens is 373 g/mol. The molecule has 0 radical (unpaired) electrons. The number of nitrogens with one attached hydrogen (secondary N) is 1. The average molecular weight is 394 g/mol. The van der Waals surface area contributed by atoms with Gasteiger partial charge in [0.05, 0.1) is 11.1 Å². The molecule has 1 fully saturated rings. The summed E-state index contributed by atoms with van der Waals surface area (Å²) in [5.74, 6) is 1.15. The first-order valence-corrected chi connectivity index (χ1v) is 9.01. The zero-order valence-electron chi connectivity index (χ0n) is 13.6. The fraction of sp³-hybridized carbons (Fsp3) is 0.368. The molecule has 2 aromatic carbocycles. The Kier molecular flexibility index (Phi) is 5.74. The van der Waals surface area contributed by atoms with Crippen molar-refractivity contribution in [2.75, 3.05) is 6.61 Å². The van der Waals surface area contributed by atoms with Gasteiger partial charge in [-0.05, 0) is 71.1 Å². The zero-order valence-corrected chi connectivity index (χ0v) is 15.2. The van der Waals surface area contributed by atoms with Crippen molar-refractivity contribution in [3.63, 3.8) is 0 Å². The largest absolute Gasteiger partial charge is 0.490 e. The molecule has 5 heteroatoms. The number of halogens is 2. The fourth-order valence-electron chi connectivity index (χ4n) is 2.41. The minimum Gasteiger partial charge on any atom is -0.490 e. The van der Waals surface area contributed by atoms with Gasteiger partial charge in [0.15, 0.2) is 11.5 Å². The molecule has 1 aliphatic rings. The molecule has 0 aliphatic heterocycles. The normalized spacial score (nSPS) is 13.8. The molecule has 1 aliphatic carbocycles. The van der Waals surface area contributed by atoms with Crippen LogP contribution in [0.4, 0.5) is 4.39 Å². The highest BCUT2D eigenvalue weighted by atomic mass is 79.9. The number of ether oxygens (including phenoxy) is 2. The Balaban J connectivity index is 1.72. The lowest BCUT2D eigenvalue weighted by Crippen LogP contribution is -2.15. The highest BCUT2D eigenvalue weighted by Crippen LogP contribution is 2.37. The molecule has 0 spiro atoms. The summed E-state index contributed by atoms with van der Waals surface area (Å²) in [6.07, 6.45) is 2.52. The van der Waals surface area contributed by atoms with Crippen LogP contribution in [0.1, 0.15) is 30.9 Å². The van der Waals surface area contributed by atoms with E-state index >= 15 is 0 Å². The molecule has 0 aromatic heterocycles. The van der Waals surface area contributed by atoms with Crippen LogP contribution in [0.3, 0.4) is 0 Å². The third-order valence-electron chi connectivity index (χ3n) is 3.84. The summed E-state index contributed by atoms with van der Waals surface area (Å²) in [6, 6.07) is 11.0. The Hall–Kier alpha value is -1.59. The summed E-state index contributed by atoms with van der Waals surface area (Å²) in [7, 11) is 0. The van der Waals surface area contributed by atoms with Gasteiger partial charge in [0.2, 0.25) is 0 Å². The van der Waals surface area contributed by atoms with E-state index in [1.807, 2.05) is 13.0 Å². The van der Waals surface area contributed by atoms with Gasteiger partial charge in [0.25, 0.3) is 0 Å². The van der Waals surface area contributed by atoms with Crippen LogP contribution in [-0.4, -0.2) is 12.6 Å². The summed E-state index contributed by atoms with van der Waals surface area (Å²) in [5, 5.41) is 3.50. The average Bonchev–Trinajstić information content (AvgIpc) is 3.38. The molecule has 1 N–H and O–H groups in total. The van der Waals surface area contributed by atoms with E-state index in [0.29, 0.717) is 25.0 Å². The van der Waals surface area contributed by atoms with Crippen LogP contribution in [0.25, 0.3) is 0 Å². The van der Waals surface area contributed by atoms with Gasteiger partial charge in [-0.1, -0.05) is 12.1 Å². The van der Waals surface area contributed by atoms with E-state index in [1.54, 1.807) is 12.1 Å². The maximum Gasteiger partial charge on any atom is 0.175 e. The van der Waals surface area contributed by atoms with Crippen LogP contribution < -0.4 is 14.8 Å². The molecule has 1 saturated carbocycles. The molecule has 24 heavy (non-hydrogen) atoms. The van der Waals surface area contributed by atoms with Crippen molar-refractivity contribution >= 4 is 15.9 Å². The van der Waals surface area contributed by atoms with Crippen molar-refractivity contribution < 1.29 is 13.9 Å². The molecule has 0 amide bonds. The molecule has 3 nitrogen and oxygen atoms in total. The van der Waals surface area contributed by atoms with E-state index in [1.165, 1.54) is 25.0 Å². The number of rotatable bonds is 8. The van der Waals surface area contributed by atoms with Gasteiger partial charge in [-0.2, -0.15) is 0 Å². The molecule has 2 aromatic rings. The van der Waals surface area contributed by atoms with Crippen LogP contribution >= 0.6 is 15.9 Å². The Labute approximate surface area is 150 Å². The second kappa shape index (κ2) is 7.99. The quantitative estimate of drug-likeness (QED) is 0.697. The van der Waals surface area contributed by atoms with Crippen molar-refractivity contribution in [1.29, 1.82) is 0 Å². The Bertz CT molecular complexity index is 687. The van der Waals surface area contributed by atoms with Crippen molar-refractivity contribution in [3.05, 3.63) is 57.8 Å². The molecule has 0 saturated heterocycles. The number of hydrogen-bond acceptors (Lipinski definition) is 3. The second-order valence-electron chi connectivity index (χ2n) is 5.91.